The second-order valence-corrected chi connectivity index (χ2v) is 6.99. The molecule has 1 amide bonds. The number of allylic oxidation sites excluding steroid dienone is 1. The van der Waals surface area contributed by atoms with E-state index in [0.29, 0.717) is 0 Å². The van der Waals surface area contributed by atoms with Crippen LogP contribution in [-0.4, -0.2) is 64.3 Å². The zero-order valence-electron chi connectivity index (χ0n) is 15.1. The molecule has 28 heavy (non-hydrogen) atoms. The summed E-state index contributed by atoms with van der Waals surface area (Å²) >= 11 is 1.09. The van der Waals surface area contributed by atoms with Gasteiger partial charge in [0.2, 0.25) is 5.91 Å². The lowest BCUT2D eigenvalue weighted by Crippen LogP contribution is -2.41. The fraction of sp³-hybridized carbons (Fsp3) is 0.333. The van der Waals surface area contributed by atoms with E-state index in [0.717, 1.165) is 17.8 Å². The number of aliphatic carboxylic acids is 1. The number of aliphatic hydroxyl groups is 1. The number of hydrogen-bond acceptors (Lipinski definition) is 8. The molecule has 0 aromatic heterocycles. The van der Waals surface area contributed by atoms with Crippen LogP contribution in [0.3, 0.4) is 0 Å². The van der Waals surface area contributed by atoms with Crippen LogP contribution >= 0.6 is 11.8 Å². The highest BCUT2D eigenvalue weighted by molar-refractivity contribution is 7.98. The number of thioether (sulfide) groups is 1. The van der Waals surface area contributed by atoms with Crippen molar-refractivity contribution in [1.29, 1.82) is 0 Å². The number of phenols is 1. The van der Waals surface area contributed by atoms with Gasteiger partial charge in [-0.3, -0.25) is 14.4 Å². The fourth-order valence-corrected chi connectivity index (χ4v) is 3.77. The summed E-state index contributed by atoms with van der Waals surface area (Å²) in [5, 5.41) is 31.3. The van der Waals surface area contributed by atoms with E-state index in [1.165, 1.54) is 20.1 Å². The van der Waals surface area contributed by atoms with Crippen molar-refractivity contribution in [3.8, 4) is 11.5 Å². The number of ketones is 2. The van der Waals surface area contributed by atoms with Crippen molar-refractivity contribution in [3.05, 3.63) is 34.4 Å². The van der Waals surface area contributed by atoms with E-state index in [4.69, 9.17) is 9.84 Å². The number of carboxylic acids is 1. The summed E-state index contributed by atoms with van der Waals surface area (Å²) in [5.74, 6) is -3.12. The Bertz CT molecular complexity index is 877. The van der Waals surface area contributed by atoms with Gasteiger partial charge in [-0.05, 0) is 12.1 Å². The average Bonchev–Trinajstić information content (AvgIpc) is 2.64. The van der Waals surface area contributed by atoms with E-state index in [-0.39, 0.29) is 39.5 Å². The Morgan fingerprint density at radius 3 is 2.54 bits per heavy atom. The van der Waals surface area contributed by atoms with Crippen molar-refractivity contribution in [2.45, 2.75) is 18.7 Å². The van der Waals surface area contributed by atoms with Gasteiger partial charge in [0.05, 0.1) is 19.3 Å². The van der Waals surface area contributed by atoms with Crippen LogP contribution < -0.4 is 10.1 Å². The van der Waals surface area contributed by atoms with E-state index in [1.54, 1.807) is 0 Å². The molecule has 1 aliphatic carbocycles. The Labute approximate surface area is 164 Å². The molecule has 150 valence electrons. The van der Waals surface area contributed by atoms with Gasteiger partial charge in [-0.1, -0.05) is 0 Å². The van der Waals surface area contributed by atoms with Gasteiger partial charge >= 0.3 is 5.97 Å². The minimum absolute atomic E-state index is 0.00324. The highest BCUT2D eigenvalue weighted by Crippen LogP contribution is 2.39. The fourth-order valence-electron chi connectivity index (χ4n) is 2.71. The first kappa shape index (κ1) is 21.5. The average molecular weight is 409 g/mol. The number of Topliss-reactive ketones (excluding diaryl/α,β-unsaturated/α-hetero) is 1. The molecule has 0 heterocycles. The quantitative estimate of drug-likeness (QED) is 0.482. The Hall–Kier alpha value is -2.85. The van der Waals surface area contributed by atoms with Crippen LogP contribution in [-0.2, 0) is 15.3 Å². The van der Waals surface area contributed by atoms with Gasteiger partial charge in [0, 0.05) is 35.1 Å². The van der Waals surface area contributed by atoms with Gasteiger partial charge in [0.25, 0.3) is 0 Å². The molecule has 0 unspecified atom stereocenters. The maximum Gasteiger partial charge on any atom is 0.327 e. The number of benzene rings is 1. The number of carboxylic acid groups (broad SMARTS) is 1. The topological polar surface area (TPSA) is 150 Å². The van der Waals surface area contributed by atoms with Gasteiger partial charge in [0.15, 0.2) is 11.6 Å². The van der Waals surface area contributed by atoms with Crippen molar-refractivity contribution in [2.24, 2.45) is 0 Å². The lowest BCUT2D eigenvalue weighted by molar-refractivity contribution is -0.140. The standard InChI is InChI=1S/C18H19NO8S/c1-8(21)19-12(18(25)26)7-28-6-11-14(27-2)4-10-13(22)3-9(5-20)16(23)15(10)17(11)24/h3-4,12,20,24H,5-7H2,1-2H3,(H,19,21)(H,25,26)/t12-/m0/s1. The van der Waals surface area contributed by atoms with Gasteiger partial charge < -0.3 is 25.4 Å². The number of phenolic OH excluding ortho intramolecular Hbond substituents is 1. The highest BCUT2D eigenvalue weighted by atomic mass is 32.2. The minimum Gasteiger partial charge on any atom is -0.507 e. The van der Waals surface area contributed by atoms with Crippen molar-refractivity contribution in [3.63, 3.8) is 0 Å². The maximum atomic E-state index is 12.4. The van der Waals surface area contributed by atoms with Gasteiger partial charge in [-0.15, -0.1) is 0 Å². The zero-order valence-corrected chi connectivity index (χ0v) is 16.0. The third-order valence-electron chi connectivity index (χ3n) is 4.05. The third-order valence-corrected chi connectivity index (χ3v) is 5.11. The first-order valence-electron chi connectivity index (χ1n) is 8.12. The van der Waals surface area contributed by atoms with E-state index >= 15 is 0 Å². The van der Waals surface area contributed by atoms with E-state index in [9.17, 15) is 29.4 Å². The second kappa shape index (κ2) is 8.89. The molecule has 1 aromatic carbocycles. The summed E-state index contributed by atoms with van der Waals surface area (Å²) < 4.78 is 5.21. The molecule has 1 atom stereocenters. The molecule has 0 fully saturated rings. The van der Waals surface area contributed by atoms with Crippen LogP contribution in [0.4, 0.5) is 0 Å². The zero-order chi connectivity index (χ0) is 21.0. The molecule has 0 radical (unpaired) electrons. The number of carbonyl (C=O) groups excluding carboxylic acids is 3. The van der Waals surface area contributed by atoms with Crippen LogP contribution in [0.25, 0.3) is 0 Å². The predicted octanol–water partition coefficient (Wildman–Crippen LogP) is 0.521. The minimum atomic E-state index is -1.21. The van der Waals surface area contributed by atoms with Gasteiger partial charge in [-0.2, -0.15) is 11.8 Å². The number of hydrogen-bond donors (Lipinski definition) is 4. The number of carbonyl (C=O) groups is 4. The highest BCUT2D eigenvalue weighted by Gasteiger charge is 2.31. The van der Waals surface area contributed by atoms with Crippen molar-refractivity contribution in [2.75, 3.05) is 19.5 Å². The number of amides is 1. The third kappa shape index (κ3) is 4.34. The largest absolute Gasteiger partial charge is 0.507 e. The number of methoxy groups -OCH3 is 1. The summed E-state index contributed by atoms with van der Waals surface area (Å²) in [7, 11) is 1.33. The van der Waals surface area contributed by atoms with E-state index < -0.39 is 41.8 Å². The van der Waals surface area contributed by atoms with Gasteiger partial charge in [-0.25, -0.2) is 4.79 Å². The number of ether oxygens (including phenoxy) is 1. The first-order chi connectivity index (χ1) is 13.2. The Morgan fingerprint density at radius 2 is 2.00 bits per heavy atom. The summed E-state index contributed by atoms with van der Waals surface area (Å²) in [5.41, 5.74) is -0.178. The maximum absolute atomic E-state index is 12.4. The number of rotatable bonds is 8. The smallest absolute Gasteiger partial charge is 0.327 e. The summed E-state index contributed by atoms with van der Waals surface area (Å²) in [6.45, 7) is 0.560. The normalized spacial score (nSPS) is 14.2. The summed E-state index contributed by atoms with van der Waals surface area (Å²) in [6.07, 6.45) is 1.02. The van der Waals surface area contributed by atoms with Crippen LogP contribution in [0.15, 0.2) is 17.7 Å². The Balaban J connectivity index is 2.32. The van der Waals surface area contributed by atoms with Crippen molar-refractivity contribution >= 4 is 35.2 Å². The molecule has 0 saturated carbocycles. The molecular formula is C18H19NO8S. The molecule has 0 saturated heterocycles. The summed E-state index contributed by atoms with van der Waals surface area (Å²) in [4.78, 5) is 46.9. The van der Waals surface area contributed by atoms with Crippen molar-refractivity contribution in [1.82, 2.24) is 5.32 Å². The Kier molecular flexibility index (Phi) is 6.81. The van der Waals surface area contributed by atoms with Crippen LogP contribution in [0.2, 0.25) is 0 Å². The SMILES string of the molecule is COc1cc2c(c(O)c1CSC[C@H](NC(C)=O)C(=O)O)C(=O)C(CO)=CC2=O. The molecule has 4 N–H and O–H groups in total. The predicted molar refractivity (Wildman–Crippen MR) is 99.9 cm³/mol. The van der Waals surface area contributed by atoms with Crippen LogP contribution in [0.5, 0.6) is 11.5 Å². The number of aromatic hydroxyl groups is 1. The molecule has 2 rings (SSSR count). The number of nitrogens with one attached hydrogen (secondary N) is 1. The Morgan fingerprint density at radius 1 is 1.32 bits per heavy atom. The lowest BCUT2D eigenvalue weighted by atomic mass is 9.87. The van der Waals surface area contributed by atoms with Crippen molar-refractivity contribution < 1.29 is 39.2 Å². The molecule has 1 aromatic rings. The lowest BCUT2D eigenvalue weighted by Gasteiger charge is -2.20. The van der Waals surface area contributed by atoms with E-state index in [1.807, 2.05) is 0 Å². The second-order valence-electron chi connectivity index (χ2n) is 5.96. The van der Waals surface area contributed by atoms with Gasteiger partial charge in [0.1, 0.15) is 17.5 Å². The molecule has 10 heteroatoms. The van der Waals surface area contributed by atoms with Crippen LogP contribution in [0, 0.1) is 0 Å². The molecule has 0 aliphatic heterocycles. The molecule has 0 bridgehead atoms. The molecule has 9 nitrogen and oxygen atoms in total. The monoisotopic (exact) mass is 409 g/mol. The molecular weight excluding hydrogens is 390 g/mol. The first-order valence-corrected chi connectivity index (χ1v) is 9.27. The van der Waals surface area contributed by atoms with Crippen LogP contribution in [0.1, 0.15) is 33.2 Å². The van der Waals surface area contributed by atoms with E-state index in [2.05, 4.69) is 5.32 Å². The molecule has 0 spiro atoms. The number of aliphatic hydroxyl groups excluding tert-OH is 1. The summed E-state index contributed by atoms with van der Waals surface area (Å²) in [6, 6.07) is 0.207. The number of fused-ring (bicyclic) bond motifs is 1. The molecule has 1 aliphatic rings.